The summed E-state index contributed by atoms with van der Waals surface area (Å²) >= 11 is 0. The van der Waals surface area contributed by atoms with E-state index in [0.717, 1.165) is 6.54 Å². The summed E-state index contributed by atoms with van der Waals surface area (Å²) in [4.78, 5) is 9.29. The number of amides is 1. The molecule has 0 saturated carbocycles. The Hall–Kier alpha value is -0.660. The van der Waals surface area contributed by atoms with Gasteiger partial charge in [-0.1, -0.05) is 0 Å². The average Bonchev–Trinajstić information content (AvgIpc) is 1.63. The number of carbonyl (C=O) groups excluding carboxylic acids is 1. The second kappa shape index (κ2) is 6.46. The van der Waals surface area contributed by atoms with Crippen molar-refractivity contribution in [3.05, 3.63) is 0 Å². The number of rotatable bonds is 2. The van der Waals surface area contributed by atoms with Gasteiger partial charge in [0.1, 0.15) is 0 Å². The number of nitrogens with one attached hydrogen (secondary N) is 1. The third kappa shape index (κ3) is 164. The number of hydrogen-bond donors (Lipinski definition) is 3. The van der Waals surface area contributed by atoms with Crippen molar-refractivity contribution in [2.75, 3.05) is 6.54 Å². The molecule has 7 heteroatoms. The molecule has 10 heavy (non-hydrogen) atoms. The Morgan fingerprint density at radius 3 is 1.80 bits per heavy atom. The first-order chi connectivity index (χ1) is 4.41. The summed E-state index contributed by atoms with van der Waals surface area (Å²) in [6.45, 7) is 2.60. The van der Waals surface area contributed by atoms with Crippen molar-refractivity contribution < 1.29 is 22.3 Å². The molecular weight excluding hydrogens is 162 g/mol. The van der Waals surface area contributed by atoms with Crippen LogP contribution in [0.25, 0.3) is 0 Å². The van der Waals surface area contributed by atoms with Gasteiger partial charge in [-0.25, -0.2) is 0 Å². The Bertz CT molecular complexity index is 154. The van der Waals surface area contributed by atoms with Gasteiger partial charge in [0, 0.05) is 6.54 Å². The van der Waals surface area contributed by atoms with E-state index in [-0.39, 0.29) is 0 Å². The molecule has 0 unspecified atom stereocenters. The summed E-state index contributed by atoms with van der Waals surface area (Å²) in [5.41, 5.74) is 0. The fourth-order valence-corrected chi connectivity index (χ4v) is 0.0833. The van der Waals surface area contributed by atoms with Crippen LogP contribution in [0.2, 0.25) is 0 Å². The van der Waals surface area contributed by atoms with E-state index in [1.807, 2.05) is 6.92 Å². The predicted molar refractivity (Wildman–Crippen MR) is 33.9 cm³/mol. The molecule has 0 saturated heterocycles. The van der Waals surface area contributed by atoms with Crippen LogP contribution < -0.4 is 5.32 Å². The van der Waals surface area contributed by atoms with Gasteiger partial charge in [0.25, 0.3) is 0 Å². The van der Waals surface area contributed by atoms with Crippen LogP contribution in [0.1, 0.15) is 6.92 Å². The second-order valence-electron chi connectivity index (χ2n) is 1.12. The van der Waals surface area contributed by atoms with Crippen molar-refractivity contribution in [2.24, 2.45) is 0 Å². The van der Waals surface area contributed by atoms with E-state index in [1.54, 1.807) is 0 Å². The molecule has 1 amide bonds. The normalized spacial score (nSPS) is 9.10. The molecule has 0 aliphatic carbocycles. The summed E-state index contributed by atoms with van der Waals surface area (Å²) in [6.07, 6.45) is 0.681. The Balaban J connectivity index is 0. The summed E-state index contributed by atoms with van der Waals surface area (Å²) in [5.74, 6) is 0. The van der Waals surface area contributed by atoms with Crippen LogP contribution >= 0.6 is 0 Å². The maximum absolute atomic E-state index is 9.29. The maximum atomic E-state index is 9.29. The van der Waals surface area contributed by atoms with Crippen LogP contribution in [-0.4, -0.2) is 30.5 Å². The smallest absolute Gasteiger partial charge is 0.359 e. The first kappa shape index (κ1) is 12.1. The monoisotopic (exact) mass is 171 g/mol. The van der Waals surface area contributed by atoms with Crippen LogP contribution in [0.3, 0.4) is 0 Å². The third-order valence-corrected chi connectivity index (χ3v) is 0.287. The van der Waals surface area contributed by atoms with Crippen LogP contribution in [0.15, 0.2) is 0 Å². The molecular formula is C3H9NO5S. The Morgan fingerprint density at radius 1 is 1.50 bits per heavy atom. The third-order valence-electron chi connectivity index (χ3n) is 0.287. The van der Waals surface area contributed by atoms with E-state index >= 15 is 0 Å². The zero-order valence-corrected chi connectivity index (χ0v) is 6.13. The van der Waals surface area contributed by atoms with Crippen molar-refractivity contribution in [1.29, 1.82) is 0 Å². The molecule has 62 valence electrons. The second-order valence-corrected chi connectivity index (χ2v) is 2.02. The van der Waals surface area contributed by atoms with Crippen molar-refractivity contribution in [3.8, 4) is 0 Å². The molecule has 3 N–H and O–H groups in total. The highest BCUT2D eigenvalue weighted by Gasteiger charge is 1.84. The van der Waals surface area contributed by atoms with Gasteiger partial charge in [0.15, 0.2) is 0 Å². The molecule has 0 radical (unpaired) electrons. The summed E-state index contributed by atoms with van der Waals surface area (Å²) in [5, 5.41) is 2.43. The average molecular weight is 171 g/mol. The molecule has 0 spiro atoms. The van der Waals surface area contributed by atoms with E-state index in [1.165, 1.54) is 0 Å². The molecule has 6 nitrogen and oxygen atoms in total. The number of carbonyl (C=O) groups is 1. The summed E-state index contributed by atoms with van der Waals surface area (Å²) in [6, 6.07) is 0. The Morgan fingerprint density at radius 2 is 1.80 bits per heavy atom. The fraction of sp³-hybridized carbons (Fsp3) is 0.667. The molecule has 0 aliphatic rings. The first-order valence-electron chi connectivity index (χ1n) is 2.28. The molecule has 0 aromatic rings. The quantitative estimate of drug-likeness (QED) is 0.369. The van der Waals surface area contributed by atoms with Crippen molar-refractivity contribution >= 4 is 16.8 Å². The van der Waals surface area contributed by atoms with Gasteiger partial charge in [-0.3, -0.25) is 13.9 Å². The molecule has 0 aromatic heterocycles. The van der Waals surface area contributed by atoms with Crippen LogP contribution in [0.4, 0.5) is 0 Å². The lowest BCUT2D eigenvalue weighted by Crippen LogP contribution is -2.07. The SMILES string of the molecule is CCNC=O.O=S(=O)(O)O. The predicted octanol–water partition coefficient (Wildman–Crippen LogP) is -0.900. The fourth-order valence-electron chi connectivity index (χ4n) is 0.0833. The summed E-state index contributed by atoms with van der Waals surface area (Å²) < 4.78 is 31.6. The van der Waals surface area contributed by atoms with Crippen LogP contribution in [-0.2, 0) is 15.2 Å². The minimum absolute atomic E-state index is 0.681. The molecule has 0 atom stereocenters. The van der Waals surface area contributed by atoms with Gasteiger partial charge in [0.05, 0.1) is 0 Å². The van der Waals surface area contributed by atoms with Crippen LogP contribution in [0, 0.1) is 0 Å². The molecule has 0 bridgehead atoms. The van der Waals surface area contributed by atoms with Crippen molar-refractivity contribution in [3.63, 3.8) is 0 Å². The van der Waals surface area contributed by atoms with Gasteiger partial charge in [-0.15, -0.1) is 0 Å². The van der Waals surface area contributed by atoms with Gasteiger partial charge in [-0.2, -0.15) is 8.42 Å². The Kier molecular flexibility index (Phi) is 7.79. The van der Waals surface area contributed by atoms with E-state index in [0.29, 0.717) is 6.41 Å². The topological polar surface area (TPSA) is 104 Å². The lowest BCUT2D eigenvalue weighted by Gasteiger charge is -1.78. The van der Waals surface area contributed by atoms with E-state index < -0.39 is 10.4 Å². The largest absolute Gasteiger partial charge is 0.394 e. The summed E-state index contributed by atoms with van der Waals surface area (Å²) in [7, 11) is -4.67. The lowest BCUT2D eigenvalue weighted by molar-refractivity contribution is -0.109. The molecule has 0 heterocycles. The maximum Gasteiger partial charge on any atom is 0.394 e. The van der Waals surface area contributed by atoms with E-state index in [4.69, 9.17) is 17.5 Å². The zero-order valence-electron chi connectivity index (χ0n) is 5.31. The highest BCUT2D eigenvalue weighted by Crippen LogP contribution is 1.59. The van der Waals surface area contributed by atoms with Gasteiger partial charge in [0.2, 0.25) is 6.41 Å². The van der Waals surface area contributed by atoms with Gasteiger partial charge in [-0.05, 0) is 6.92 Å². The van der Waals surface area contributed by atoms with Gasteiger partial charge >= 0.3 is 10.4 Å². The van der Waals surface area contributed by atoms with Gasteiger partial charge < -0.3 is 5.32 Å². The minimum atomic E-state index is -4.67. The molecule has 0 aliphatic heterocycles. The molecule has 0 aromatic carbocycles. The number of hydrogen-bond acceptors (Lipinski definition) is 3. The van der Waals surface area contributed by atoms with E-state index in [2.05, 4.69) is 5.32 Å². The van der Waals surface area contributed by atoms with Crippen LogP contribution in [0.5, 0.6) is 0 Å². The first-order valence-corrected chi connectivity index (χ1v) is 3.68. The highest BCUT2D eigenvalue weighted by molar-refractivity contribution is 7.79. The highest BCUT2D eigenvalue weighted by atomic mass is 32.3. The zero-order chi connectivity index (χ0) is 8.62. The Labute approximate surface area is 58.8 Å². The molecule has 0 fully saturated rings. The minimum Gasteiger partial charge on any atom is -0.359 e. The molecule has 0 rings (SSSR count). The lowest BCUT2D eigenvalue weighted by atomic mass is 10.8. The van der Waals surface area contributed by atoms with E-state index in [9.17, 15) is 4.79 Å². The standard InChI is InChI=1S/C3H7NO.H2O4S/c1-2-4-3-5;1-5(2,3)4/h3H,2H2,1H3,(H,4,5);(H2,1,2,3,4). The van der Waals surface area contributed by atoms with Crippen molar-refractivity contribution in [1.82, 2.24) is 5.32 Å². The van der Waals surface area contributed by atoms with Crippen molar-refractivity contribution in [2.45, 2.75) is 6.92 Å².